The number of rotatable bonds is 4. The summed E-state index contributed by atoms with van der Waals surface area (Å²) in [4.78, 5) is 5.10. The van der Waals surface area contributed by atoms with E-state index in [1.807, 2.05) is 12.3 Å². The molecule has 0 N–H and O–H groups in total. The van der Waals surface area contributed by atoms with Crippen molar-refractivity contribution >= 4 is 54.2 Å². The number of aromatic nitrogens is 1. The van der Waals surface area contributed by atoms with Gasteiger partial charge in [0.25, 0.3) is 0 Å². The standard InChI is InChI=1S/C49H37N/c1-5-14-44-46(41-21-12-13-22-43(41)49(44,3)4)31(2)45-38-19-10-11-20-39(38)47(48-37-18-9-8-16-33(37)27-28-50-48)40-26-25-36(30-42(40)45)35-24-23-32-15-6-7-17-34(32)29-35/h5-30H,1H2,2-4H3/b44-14+,46-31+. The summed E-state index contributed by atoms with van der Waals surface area (Å²) in [7, 11) is 0. The molecule has 0 radical (unpaired) electrons. The van der Waals surface area contributed by atoms with Gasteiger partial charge < -0.3 is 0 Å². The molecule has 0 fully saturated rings. The van der Waals surface area contributed by atoms with Crippen molar-refractivity contribution in [2.45, 2.75) is 26.2 Å². The summed E-state index contributed by atoms with van der Waals surface area (Å²) in [6.45, 7) is 11.1. The van der Waals surface area contributed by atoms with Crippen molar-refractivity contribution in [1.29, 1.82) is 0 Å². The Labute approximate surface area is 293 Å². The highest BCUT2D eigenvalue weighted by atomic mass is 14.7. The Kier molecular flexibility index (Phi) is 6.93. The second-order valence-corrected chi connectivity index (χ2v) is 14.0. The molecule has 1 heteroatoms. The average Bonchev–Trinajstić information content (AvgIpc) is 3.38. The minimum absolute atomic E-state index is 0.157. The summed E-state index contributed by atoms with van der Waals surface area (Å²) in [5, 5.41) is 9.70. The van der Waals surface area contributed by atoms with Crippen molar-refractivity contribution in [3.8, 4) is 22.4 Å². The molecule has 238 valence electrons. The van der Waals surface area contributed by atoms with Crippen molar-refractivity contribution in [3.63, 3.8) is 0 Å². The van der Waals surface area contributed by atoms with Gasteiger partial charge in [-0.05, 0) is 107 Å². The van der Waals surface area contributed by atoms with Gasteiger partial charge in [-0.25, -0.2) is 0 Å². The molecular formula is C49H37N. The van der Waals surface area contributed by atoms with Crippen LogP contribution in [-0.2, 0) is 5.41 Å². The van der Waals surface area contributed by atoms with Gasteiger partial charge in [0.1, 0.15) is 0 Å². The first-order valence-corrected chi connectivity index (χ1v) is 17.4. The van der Waals surface area contributed by atoms with E-state index in [0.717, 1.165) is 11.1 Å². The molecule has 1 aliphatic carbocycles. The highest BCUT2D eigenvalue weighted by Crippen LogP contribution is 2.54. The second-order valence-electron chi connectivity index (χ2n) is 14.0. The molecule has 8 aromatic rings. The summed E-state index contributed by atoms with van der Waals surface area (Å²) in [5.74, 6) is 0. The first kappa shape index (κ1) is 30.0. The number of nitrogens with zero attached hydrogens (tertiary/aromatic N) is 1. The first-order chi connectivity index (χ1) is 24.5. The Balaban J connectivity index is 1.45. The fourth-order valence-electron chi connectivity index (χ4n) is 8.49. The van der Waals surface area contributed by atoms with Crippen LogP contribution in [0.25, 0.3) is 76.6 Å². The molecular weight excluding hydrogens is 603 g/mol. The fourth-order valence-corrected chi connectivity index (χ4v) is 8.49. The van der Waals surface area contributed by atoms with Crippen LogP contribution < -0.4 is 0 Å². The molecule has 0 saturated carbocycles. The van der Waals surface area contributed by atoms with Gasteiger partial charge in [-0.15, -0.1) is 0 Å². The molecule has 1 aromatic heterocycles. The normalized spacial score (nSPS) is 15.6. The lowest BCUT2D eigenvalue weighted by atomic mass is 9.80. The zero-order chi connectivity index (χ0) is 34.0. The zero-order valence-corrected chi connectivity index (χ0v) is 28.7. The van der Waals surface area contributed by atoms with Gasteiger partial charge in [0.15, 0.2) is 0 Å². The van der Waals surface area contributed by atoms with Crippen LogP contribution in [0, 0.1) is 0 Å². The maximum atomic E-state index is 5.10. The Morgan fingerprint density at radius 1 is 0.600 bits per heavy atom. The Morgan fingerprint density at radius 3 is 2.06 bits per heavy atom. The lowest BCUT2D eigenvalue weighted by Crippen LogP contribution is -2.15. The molecule has 0 aliphatic heterocycles. The number of hydrogen-bond donors (Lipinski definition) is 0. The Hall–Kier alpha value is -6.05. The number of allylic oxidation sites excluding steroid dienone is 5. The van der Waals surface area contributed by atoms with Gasteiger partial charge in [-0.3, -0.25) is 4.98 Å². The van der Waals surface area contributed by atoms with E-state index in [9.17, 15) is 0 Å². The SMILES string of the molecule is C=C/C=C1\C(=C(/C)c2c3ccccc3c(-c3nccc4ccccc34)c3ccc(-c4ccc5ccccc5c4)cc23)c2ccccc2C1(C)C. The summed E-state index contributed by atoms with van der Waals surface area (Å²) >= 11 is 0. The van der Waals surface area contributed by atoms with E-state index in [1.165, 1.54) is 87.8 Å². The molecule has 0 unspecified atom stereocenters. The third-order valence-corrected chi connectivity index (χ3v) is 10.9. The summed E-state index contributed by atoms with van der Waals surface area (Å²) < 4.78 is 0. The van der Waals surface area contributed by atoms with Crippen LogP contribution in [0.4, 0.5) is 0 Å². The van der Waals surface area contributed by atoms with E-state index in [4.69, 9.17) is 4.98 Å². The quantitative estimate of drug-likeness (QED) is 0.175. The van der Waals surface area contributed by atoms with Crippen LogP contribution >= 0.6 is 0 Å². The van der Waals surface area contributed by atoms with Gasteiger partial charge >= 0.3 is 0 Å². The topological polar surface area (TPSA) is 12.9 Å². The van der Waals surface area contributed by atoms with Gasteiger partial charge in [0.05, 0.1) is 5.69 Å². The predicted octanol–water partition coefficient (Wildman–Crippen LogP) is 13.4. The van der Waals surface area contributed by atoms with Gasteiger partial charge in [0, 0.05) is 22.6 Å². The van der Waals surface area contributed by atoms with Gasteiger partial charge in [-0.1, -0.05) is 154 Å². The van der Waals surface area contributed by atoms with Crippen molar-refractivity contribution in [2.24, 2.45) is 0 Å². The van der Waals surface area contributed by atoms with Crippen LogP contribution in [0.2, 0.25) is 0 Å². The molecule has 0 spiro atoms. The molecule has 9 rings (SSSR count). The lowest BCUT2D eigenvalue weighted by molar-refractivity contribution is 0.661. The maximum absolute atomic E-state index is 5.10. The maximum Gasteiger partial charge on any atom is 0.0792 e. The van der Waals surface area contributed by atoms with Crippen molar-refractivity contribution in [1.82, 2.24) is 4.98 Å². The van der Waals surface area contributed by atoms with E-state index in [2.05, 4.69) is 173 Å². The number of pyridine rings is 1. The summed E-state index contributed by atoms with van der Waals surface area (Å²) in [5.41, 5.74) is 12.2. The van der Waals surface area contributed by atoms with E-state index >= 15 is 0 Å². The van der Waals surface area contributed by atoms with Crippen LogP contribution in [0.1, 0.15) is 37.5 Å². The fraction of sp³-hybridized carbons (Fsp3) is 0.0816. The third kappa shape index (κ3) is 4.51. The van der Waals surface area contributed by atoms with E-state index in [1.54, 1.807) is 0 Å². The van der Waals surface area contributed by atoms with E-state index in [-0.39, 0.29) is 5.41 Å². The van der Waals surface area contributed by atoms with Crippen LogP contribution in [0.5, 0.6) is 0 Å². The van der Waals surface area contributed by atoms with Crippen LogP contribution in [0.15, 0.2) is 170 Å². The number of hydrogen-bond acceptors (Lipinski definition) is 1. The Bertz CT molecular complexity index is 2750. The highest BCUT2D eigenvalue weighted by molar-refractivity contribution is 6.23. The molecule has 0 amide bonds. The largest absolute Gasteiger partial charge is 0.256 e. The van der Waals surface area contributed by atoms with Crippen molar-refractivity contribution in [2.75, 3.05) is 0 Å². The summed E-state index contributed by atoms with van der Waals surface area (Å²) in [6, 6.07) is 51.0. The van der Waals surface area contributed by atoms with Crippen molar-refractivity contribution in [3.05, 3.63) is 187 Å². The van der Waals surface area contributed by atoms with Gasteiger partial charge in [0.2, 0.25) is 0 Å². The molecule has 0 saturated heterocycles. The molecule has 1 aliphatic rings. The third-order valence-electron chi connectivity index (χ3n) is 10.9. The van der Waals surface area contributed by atoms with Crippen molar-refractivity contribution < 1.29 is 0 Å². The first-order valence-electron chi connectivity index (χ1n) is 17.4. The molecule has 0 atom stereocenters. The minimum Gasteiger partial charge on any atom is -0.256 e. The lowest BCUT2D eigenvalue weighted by Gasteiger charge is -2.23. The van der Waals surface area contributed by atoms with Gasteiger partial charge in [-0.2, -0.15) is 0 Å². The van der Waals surface area contributed by atoms with Crippen LogP contribution in [0.3, 0.4) is 0 Å². The molecule has 1 nitrogen and oxygen atoms in total. The molecule has 1 heterocycles. The Morgan fingerprint density at radius 2 is 1.24 bits per heavy atom. The number of benzene rings is 7. The van der Waals surface area contributed by atoms with E-state index < -0.39 is 0 Å². The number of fused-ring (bicyclic) bond motifs is 5. The summed E-state index contributed by atoms with van der Waals surface area (Å²) in [6.07, 6.45) is 6.12. The average molecular weight is 640 g/mol. The molecule has 7 aromatic carbocycles. The monoisotopic (exact) mass is 639 g/mol. The smallest absolute Gasteiger partial charge is 0.0792 e. The molecule has 0 bridgehead atoms. The predicted molar refractivity (Wildman–Crippen MR) is 215 cm³/mol. The highest BCUT2D eigenvalue weighted by Gasteiger charge is 2.39. The minimum atomic E-state index is -0.157. The van der Waals surface area contributed by atoms with E-state index in [0.29, 0.717) is 0 Å². The van der Waals surface area contributed by atoms with Crippen LogP contribution in [-0.4, -0.2) is 4.98 Å². The zero-order valence-electron chi connectivity index (χ0n) is 28.7. The second kappa shape index (κ2) is 11.5. The molecule has 50 heavy (non-hydrogen) atoms.